The molecule has 1 atom stereocenters. The first-order chi connectivity index (χ1) is 9.19. The number of nitrogens with one attached hydrogen (secondary N) is 1. The smallest absolute Gasteiger partial charge is 0.233 e. The zero-order valence-corrected chi connectivity index (χ0v) is 12.4. The molecule has 2 rings (SSSR count). The minimum absolute atomic E-state index is 0.122. The van der Waals surface area contributed by atoms with E-state index in [1.165, 1.54) is 32.1 Å². The van der Waals surface area contributed by atoms with Gasteiger partial charge >= 0.3 is 0 Å². The van der Waals surface area contributed by atoms with Crippen molar-refractivity contribution in [1.82, 2.24) is 10.2 Å². The maximum atomic E-state index is 11.7. The van der Waals surface area contributed by atoms with E-state index in [1.807, 2.05) is 0 Å². The van der Waals surface area contributed by atoms with Crippen LogP contribution in [0.15, 0.2) is 0 Å². The van der Waals surface area contributed by atoms with E-state index in [0.717, 1.165) is 25.5 Å². The summed E-state index contributed by atoms with van der Waals surface area (Å²) < 4.78 is 5.74. The molecule has 1 heterocycles. The van der Waals surface area contributed by atoms with Gasteiger partial charge in [-0.1, -0.05) is 6.92 Å². The van der Waals surface area contributed by atoms with Crippen molar-refractivity contribution in [2.45, 2.75) is 57.6 Å². The van der Waals surface area contributed by atoms with Gasteiger partial charge in [0.15, 0.2) is 0 Å². The SMILES string of the molecule is CNC(=O)CN(C[C@H]1CCCO1)C1CCC(C)CC1. The van der Waals surface area contributed by atoms with Gasteiger partial charge in [0.25, 0.3) is 0 Å². The lowest BCUT2D eigenvalue weighted by atomic mass is 9.86. The van der Waals surface area contributed by atoms with E-state index in [-0.39, 0.29) is 5.91 Å². The monoisotopic (exact) mass is 268 g/mol. The summed E-state index contributed by atoms with van der Waals surface area (Å²) >= 11 is 0. The topological polar surface area (TPSA) is 41.6 Å². The molecular formula is C15H28N2O2. The largest absolute Gasteiger partial charge is 0.377 e. The van der Waals surface area contributed by atoms with Crippen molar-refractivity contribution < 1.29 is 9.53 Å². The first-order valence-electron chi connectivity index (χ1n) is 7.75. The molecular weight excluding hydrogens is 240 g/mol. The van der Waals surface area contributed by atoms with Gasteiger partial charge in [0.1, 0.15) is 0 Å². The van der Waals surface area contributed by atoms with Gasteiger partial charge in [-0.15, -0.1) is 0 Å². The molecule has 2 fully saturated rings. The summed E-state index contributed by atoms with van der Waals surface area (Å²) in [6, 6.07) is 0.567. The summed E-state index contributed by atoms with van der Waals surface area (Å²) in [5.74, 6) is 0.970. The maximum Gasteiger partial charge on any atom is 0.233 e. The average Bonchev–Trinajstić information content (AvgIpc) is 2.91. The molecule has 1 saturated heterocycles. The lowest BCUT2D eigenvalue weighted by molar-refractivity contribution is -0.123. The number of likely N-dealkylation sites (N-methyl/N-ethyl adjacent to an activating group) is 1. The number of hydrogen-bond acceptors (Lipinski definition) is 3. The second kappa shape index (κ2) is 7.25. The Morgan fingerprint density at radius 3 is 2.58 bits per heavy atom. The fourth-order valence-corrected chi connectivity index (χ4v) is 3.26. The fourth-order valence-electron chi connectivity index (χ4n) is 3.26. The molecule has 1 aliphatic carbocycles. The van der Waals surface area contributed by atoms with Crippen LogP contribution in [0.5, 0.6) is 0 Å². The normalized spacial score (nSPS) is 31.6. The van der Waals surface area contributed by atoms with Gasteiger partial charge in [0, 0.05) is 26.2 Å². The van der Waals surface area contributed by atoms with Gasteiger partial charge in [-0.2, -0.15) is 0 Å². The van der Waals surface area contributed by atoms with Gasteiger partial charge in [-0.25, -0.2) is 0 Å². The highest BCUT2D eigenvalue weighted by Crippen LogP contribution is 2.28. The molecule has 0 aromatic carbocycles. The number of ether oxygens (including phenoxy) is 1. The summed E-state index contributed by atoms with van der Waals surface area (Å²) in [4.78, 5) is 14.1. The van der Waals surface area contributed by atoms with Crippen LogP contribution in [0.3, 0.4) is 0 Å². The van der Waals surface area contributed by atoms with Gasteiger partial charge < -0.3 is 10.1 Å². The predicted molar refractivity (Wildman–Crippen MR) is 76.0 cm³/mol. The first-order valence-corrected chi connectivity index (χ1v) is 7.75. The Kier molecular flexibility index (Phi) is 5.64. The molecule has 0 aromatic heterocycles. The highest BCUT2D eigenvalue weighted by molar-refractivity contribution is 5.77. The van der Waals surface area contributed by atoms with Crippen LogP contribution < -0.4 is 5.32 Å². The summed E-state index contributed by atoms with van der Waals surface area (Å²) in [6.45, 7) is 4.67. The Labute approximate surface area is 116 Å². The van der Waals surface area contributed by atoms with Gasteiger partial charge in [-0.05, 0) is 44.4 Å². The third-order valence-electron chi connectivity index (χ3n) is 4.59. The number of nitrogens with zero attached hydrogens (tertiary/aromatic N) is 1. The van der Waals surface area contributed by atoms with E-state index < -0.39 is 0 Å². The molecule has 0 bridgehead atoms. The van der Waals surface area contributed by atoms with E-state index in [0.29, 0.717) is 18.7 Å². The number of amides is 1. The molecule has 0 aromatic rings. The van der Waals surface area contributed by atoms with Crippen LogP contribution in [-0.2, 0) is 9.53 Å². The molecule has 2 aliphatic rings. The third-order valence-corrected chi connectivity index (χ3v) is 4.59. The van der Waals surface area contributed by atoms with Gasteiger partial charge in [0.05, 0.1) is 12.6 Å². The Morgan fingerprint density at radius 1 is 1.26 bits per heavy atom. The molecule has 0 radical (unpaired) electrons. The summed E-state index contributed by atoms with van der Waals surface area (Å²) in [5.41, 5.74) is 0. The lowest BCUT2D eigenvalue weighted by Crippen LogP contribution is -2.46. The van der Waals surface area contributed by atoms with Crippen LogP contribution in [0.25, 0.3) is 0 Å². The van der Waals surface area contributed by atoms with Crippen molar-refractivity contribution in [3.05, 3.63) is 0 Å². The molecule has 1 amide bonds. The van der Waals surface area contributed by atoms with Crippen molar-refractivity contribution in [3.8, 4) is 0 Å². The lowest BCUT2D eigenvalue weighted by Gasteiger charge is -2.36. The molecule has 0 spiro atoms. The highest BCUT2D eigenvalue weighted by atomic mass is 16.5. The molecule has 19 heavy (non-hydrogen) atoms. The van der Waals surface area contributed by atoms with Crippen molar-refractivity contribution in [1.29, 1.82) is 0 Å². The zero-order chi connectivity index (χ0) is 13.7. The van der Waals surface area contributed by atoms with E-state index in [2.05, 4.69) is 17.1 Å². The number of carbonyl (C=O) groups is 1. The van der Waals surface area contributed by atoms with Crippen LogP contribution in [-0.4, -0.2) is 49.7 Å². The van der Waals surface area contributed by atoms with Crippen molar-refractivity contribution in [2.24, 2.45) is 5.92 Å². The molecule has 0 unspecified atom stereocenters. The Morgan fingerprint density at radius 2 is 2.00 bits per heavy atom. The summed E-state index contributed by atoms with van der Waals surface area (Å²) in [6.07, 6.45) is 7.69. The highest BCUT2D eigenvalue weighted by Gasteiger charge is 2.28. The first kappa shape index (κ1) is 14.8. The van der Waals surface area contributed by atoms with Crippen molar-refractivity contribution in [3.63, 3.8) is 0 Å². The minimum atomic E-state index is 0.122. The molecule has 110 valence electrons. The molecule has 4 nitrogen and oxygen atoms in total. The molecule has 1 aliphatic heterocycles. The quantitative estimate of drug-likeness (QED) is 0.826. The van der Waals surface area contributed by atoms with Crippen LogP contribution in [0.2, 0.25) is 0 Å². The van der Waals surface area contributed by atoms with Crippen LogP contribution >= 0.6 is 0 Å². The Hall–Kier alpha value is -0.610. The van der Waals surface area contributed by atoms with Crippen molar-refractivity contribution in [2.75, 3.05) is 26.7 Å². The maximum absolute atomic E-state index is 11.7. The Balaban J connectivity index is 1.90. The van der Waals surface area contributed by atoms with E-state index >= 15 is 0 Å². The number of hydrogen-bond donors (Lipinski definition) is 1. The number of carbonyl (C=O) groups excluding carboxylic acids is 1. The molecule has 1 saturated carbocycles. The van der Waals surface area contributed by atoms with Crippen LogP contribution in [0.4, 0.5) is 0 Å². The van der Waals surface area contributed by atoms with Crippen LogP contribution in [0.1, 0.15) is 45.4 Å². The van der Waals surface area contributed by atoms with E-state index in [4.69, 9.17) is 4.74 Å². The van der Waals surface area contributed by atoms with Crippen molar-refractivity contribution >= 4 is 5.91 Å². The Bertz CT molecular complexity index is 282. The summed E-state index contributed by atoms with van der Waals surface area (Å²) in [5, 5.41) is 2.75. The standard InChI is InChI=1S/C15H28N2O2/c1-12-5-7-13(8-6-12)17(11-15(18)16-2)10-14-4-3-9-19-14/h12-14H,3-11H2,1-2H3,(H,16,18)/t12?,13?,14-/m1/s1. The second-order valence-corrected chi connectivity index (χ2v) is 6.15. The number of rotatable bonds is 5. The fraction of sp³-hybridized carbons (Fsp3) is 0.933. The van der Waals surface area contributed by atoms with E-state index in [1.54, 1.807) is 7.05 Å². The second-order valence-electron chi connectivity index (χ2n) is 6.15. The zero-order valence-electron chi connectivity index (χ0n) is 12.4. The average molecular weight is 268 g/mol. The minimum Gasteiger partial charge on any atom is -0.377 e. The molecule has 4 heteroatoms. The summed E-state index contributed by atoms with van der Waals surface area (Å²) in [7, 11) is 1.72. The van der Waals surface area contributed by atoms with Gasteiger partial charge in [-0.3, -0.25) is 9.69 Å². The predicted octanol–water partition coefficient (Wildman–Crippen LogP) is 1.79. The van der Waals surface area contributed by atoms with Crippen LogP contribution in [0, 0.1) is 5.92 Å². The third kappa shape index (κ3) is 4.46. The van der Waals surface area contributed by atoms with Gasteiger partial charge in [0.2, 0.25) is 5.91 Å². The molecule has 1 N–H and O–H groups in total. The van der Waals surface area contributed by atoms with E-state index in [9.17, 15) is 4.79 Å².